The van der Waals surface area contributed by atoms with Gasteiger partial charge in [-0.2, -0.15) is 0 Å². The molecule has 0 aliphatic carbocycles. The van der Waals surface area contributed by atoms with Crippen LogP contribution in [-0.2, 0) is 21.2 Å². The molecule has 2 aromatic heterocycles. The van der Waals surface area contributed by atoms with Crippen molar-refractivity contribution in [2.75, 3.05) is 10.7 Å². The zero-order chi connectivity index (χ0) is 23.6. The lowest BCUT2D eigenvalue weighted by atomic mass is 10.3. The van der Waals surface area contributed by atoms with Crippen molar-refractivity contribution in [1.82, 2.24) is 4.98 Å². The van der Waals surface area contributed by atoms with E-state index in [4.69, 9.17) is 4.42 Å². The van der Waals surface area contributed by atoms with Gasteiger partial charge in [-0.25, -0.2) is 26.6 Å². The second kappa shape index (κ2) is 9.36. The number of hydrogen-bond donors (Lipinski definition) is 0. The molecule has 0 saturated heterocycles. The molecule has 2 aromatic carbocycles. The maximum absolute atomic E-state index is 14.1. The number of sulfone groups is 1. The summed E-state index contributed by atoms with van der Waals surface area (Å²) >= 11 is 0.940. The van der Waals surface area contributed by atoms with Gasteiger partial charge < -0.3 is 4.42 Å². The summed E-state index contributed by atoms with van der Waals surface area (Å²) < 4.78 is 71.2. The number of carbonyl (C=O) groups is 1. The average molecular weight is 495 g/mol. The first-order valence-electron chi connectivity index (χ1n) is 9.79. The van der Waals surface area contributed by atoms with Gasteiger partial charge in [-0.05, 0) is 48.9 Å². The normalized spacial score (nSPS) is 11.7. The Balaban J connectivity index is 1.53. The Bertz CT molecular complexity index is 1390. The van der Waals surface area contributed by atoms with Gasteiger partial charge in [0.25, 0.3) is 0 Å². The number of aromatic nitrogens is 1. The van der Waals surface area contributed by atoms with Crippen LogP contribution in [0.25, 0.3) is 10.2 Å². The Labute approximate surface area is 191 Å². The van der Waals surface area contributed by atoms with Gasteiger partial charge in [0.15, 0.2) is 20.8 Å². The summed E-state index contributed by atoms with van der Waals surface area (Å²) in [5, 5.41) is 0.136. The van der Waals surface area contributed by atoms with E-state index in [0.717, 1.165) is 29.5 Å². The summed E-state index contributed by atoms with van der Waals surface area (Å²) in [4.78, 5) is 18.4. The van der Waals surface area contributed by atoms with E-state index in [9.17, 15) is 26.4 Å². The number of carbonyl (C=O) groups excluding carboxylic acids is 1. The molecule has 0 bridgehead atoms. The topological polar surface area (TPSA) is 80.5 Å². The van der Waals surface area contributed by atoms with E-state index < -0.39 is 33.2 Å². The largest absolute Gasteiger partial charge is 0.467 e. The van der Waals surface area contributed by atoms with E-state index in [1.54, 1.807) is 12.1 Å². The lowest BCUT2D eigenvalue weighted by molar-refractivity contribution is -0.118. The maximum Gasteiger partial charge on any atom is 0.229 e. The monoisotopic (exact) mass is 494 g/mol. The standard InChI is InChI=1S/C22H17F3N2O4S2/c23-14-5-7-17(8-6-14)33(29,30)10-2-4-20(28)27(13-16-3-1-9-31-16)22-26-21-18(25)11-15(24)12-19(21)32-22/h1,3,5-9,11-12H,2,4,10,13H2. The van der Waals surface area contributed by atoms with Crippen molar-refractivity contribution in [2.45, 2.75) is 24.3 Å². The van der Waals surface area contributed by atoms with Crippen LogP contribution in [0.4, 0.5) is 18.3 Å². The molecule has 11 heteroatoms. The quantitative estimate of drug-likeness (QED) is 0.319. The van der Waals surface area contributed by atoms with Crippen LogP contribution in [0.3, 0.4) is 0 Å². The maximum atomic E-state index is 14.1. The van der Waals surface area contributed by atoms with E-state index in [-0.39, 0.29) is 45.4 Å². The average Bonchev–Trinajstić information content (AvgIpc) is 3.42. The Morgan fingerprint density at radius 3 is 2.52 bits per heavy atom. The molecule has 33 heavy (non-hydrogen) atoms. The molecule has 0 spiro atoms. The highest BCUT2D eigenvalue weighted by atomic mass is 32.2. The smallest absolute Gasteiger partial charge is 0.229 e. The Kier molecular flexibility index (Phi) is 6.52. The molecule has 0 atom stereocenters. The third-order valence-corrected chi connectivity index (χ3v) is 7.65. The van der Waals surface area contributed by atoms with Gasteiger partial charge in [0.2, 0.25) is 5.91 Å². The minimum atomic E-state index is -3.70. The number of halogens is 3. The fourth-order valence-corrected chi connectivity index (χ4v) is 5.52. The van der Waals surface area contributed by atoms with Gasteiger partial charge in [0, 0.05) is 12.5 Å². The number of fused-ring (bicyclic) bond motifs is 1. The van der Waals surface area contributed by atoms with Crippen molar-refractivity contribution < 1.29 is 30.8 Å². The van der Waals surface area contributed by atoms with Crippen molar-refractivity contribution in [3.05, 3.63) is 78.0 Å². The van der Waals surface area contributed by atoms with Crippen LogP contribution in [-0.4, -0.2) is 25.1 Å². The van der Waals surface area contributed by atoms with Crippen LogP contribution >= 0.6 is 11.3 Å². The summed E-state index contributed by atoms with van der Waals surface area (Å²) in [7, 11) is -3.70. The molecule has 2 heterocycles. The molecule has 0 saturated carbocycles. The molecule has 6 nitrogen and oxygen atoms in total. The van der Waals surface area contributed by atoms with Crippen molar-refractivity contribution in [2.24, 2.45) is 0 Å². The van der Waals surface area contributed by atoms with Gasteiger partial charge in [0.1, 0.15) is 22.9 Å². The molecular formula is C22H17F3N2O4S2. The number of hydrogen-bond acceptors (Lipinski definition) is 6. The lowest BCUT2D eigenvalue weighted by Crippen LogP contribution is -2.30. The Hall–Kier alpha value is -3.18. The van der Waals surface area contributed by atoms with Crippen LogP contribution in [0.5, 0.6) is 0 Å². The van der Waals surface area contributed by atoms with Crippen molar-refractivity contribution in [3.63, 3.8) is 0 Å². The summed E-state index contributed by atoms with van der Waals surface area (Å²) in [5.41, 5.74) is -0.0625. The first kappa shape index (κ1) is 23.0. The molecular weight excluding hydrogens is 477 g/mol. The lowest BCUT2D eigenvalue weighted by Gasteiger charge is -2.18. The fourth-order valence-electron chi connectivity index (χ4n) is 3.19. The van der Waals surface area contributed by atoms with Gasteiger partial charge in [-0.15, -0.1) is 0 Å². The van der Waals surface area contributed by atoms with Crippen LogP contribution in [0.1, 0.15) is 18.6 Å². The predicted octanol–water partition coefficient (Wildman–Crippen LogP) is 5.09. The molecule has 0 N–H and O–H groups in total. The van der Waals surface area contributed by atoms with Crippen molar-refractivity contribution in [1.29, 1.82) is 0 Å². The number of thiazole rings is 1. The fraction of sp³-hybridized carbons (Fsp3) is 0.182. The number of benzene rings is 2. The van der Waals surface area contributed by atoms with E-state index in [2.05, 4.69) is 4.98 Å². The van der Waals surface area contributed by atoms with Crippen LogP contribution in [0.2, 0.25) is 0 Å². The van der Waals surface area contributed by atoms with Crippen LogP contribution in [0.15, 0.2) is 64.1 Å². The second-order valence-corrected chi connectivity index (χ2v) is 10.3. The zero-order valence-corrected chi connectivity index (χ0v) is 18.6. The molecule has 0 radical (unpaired) electrons. The molecule has 0 unspecified atom stereocenters. The third kappa shape index (κ3) is 5.25. The van der Waals surface area contributed by atoms with Gasteiger partial charge in [0.05, 0.1) is 28.2 Å². The SMILES string of the molecule is O=C(CCCS(=O)(=O)c1ccc(F)cc1)N(Cc1ccco1)c1nc2c(F)cc(F)cc2s1. The second-order valence-electron chi connectivity index (χ2n) is 7.17. The van der Waals surface area contributed by atoms with E-state index in [1.807, 2.05) is 0 Å². The molecule has 0 aliphatic heterocycles. The molecule has 172 valence electrons. The minimum Gasteiger partial charge on any atom is -0.467 e. The van der Waals surface area contributed by atoms with E-state index >= 15 is 0 Å². The zero-order valence-electron chi connectivity index (χ0n) is 17.0. The summed E-state index contributed by atoms with van der Waals surface area (Å²) in [6.45, 7) is -0.0134. The highest BCUT2D eigenvalue weighted by molar-refractivity contribution is 7.91. The number of rotatable bonds is 8. The molecule has 0 aliphatic rings. The number of furan rings is 1. The van der Waals surface area contributed by atoms with Crippen molar-refractivity contribution in [3.8, 4) is 0 Å². The Morgan fingerprint density at radius 2 is 1.82 bits per heavy atom. The first-order chi connectivity index (χ1) is 15.7. The Morgan fingerprint density at radius 1 is 1.06 bits per heavy atom. The van der Waals surface area contributed by atoms with E-state index in [1.165, 1.54) is 23.3 Å². The van der Waals surface area contributed by atoms with Crippen LogP contribution < -0.4 is 4.90 Å². The predicted molar refractivity (Wildman–Crippen MR) is 117 cm³/mol. The van der Waals surface area contributed by atoms with Gasteiger partial charge in [-0.3, -0.25) is 9.69 Å². The van der Waals surface area contributed by atoms with E-state index in [0.29, 0.717) is 11.8 Å². The van der Waals surface area contributed by atoms with Crippen molar-refractivity contribution >= 4 is 42.4 Å². The molecule has 0 fully saturated rings. The summed E-state index contributed by atoms with van der Waals surface area (Å²) in [6.07, 6.45) is 1.29. The van der Waals surface area contributed by atoms with Gasteiger partial charge in [-0.1, -0.05) is 11.3 Å². The van der Waals surface area contributed by atoms with Crippen LogP contribution in [0, 0.1) is 17.5 Å². The third-order valence-electron chi connectivity index (χ3n) is 4.80. The highest BCUT2D eigenvalue weighted by Crippen LogP contribution is 2.32. The molecule has 4 rings (SSSR count). The summed E-state index contributed by atoms with van der Waals surface area (Å²) in [6, 6.07) is 9.58. The summed E-state index contributed by atoms with van der Waals surface area (Å²) in [5.74, 6) is -2.49. The molecule has 4 aromatic rings. The number of nitrogens with zero attached hydrogens (tertiary/aromatic N) is 2. The van der Waals surface area contributed by atoms with Gasteiger partial charge >= 0.3 is 0 Å². The first-order valence-corrected chi connectivity index (χ1v) is 12.3. The minimum absolute atomic E-state index is 0.00107. The number of amides is 1. The number of anilines is 1. The molecule has 1 amide bonds. The highest BCUT2D eigenvalue weighted by Gasteiger charge is 2.23.